The molecule has 1 saturated heterocycles. The number of aryl methyl sites for hydroxylation is 1. The molecule has 2 aromatic heterocycles. The van der Waals surface area contributed by atoms with Gasteiger partial charge in [0.15, 0.2) is 5.76 Å². The summed E-state index contributed by atoms with van der Waals surface area (Å²) in [6.07, 6.45) is 5.75. The van der Waals surface area contributed by atoms with Gasteiger partial charge in [-0.3, -0.25) is 4.90 Å². The second kappa shape index (κ2) is 6.67. The first-order chi connectivity index (χ1) is 10.3. The summed E-state index contributed by atoms with van der Waals surface area (Å²) in [6, 6.07) is 4.24. The Labute approximate surface area is 124 Å². The molecular formula is C15H20N4O2. The monoisotopic (exact) mass is 288 g/mol. The van der Waals surface area contributed by atoms with Crippen molar-refractivity contribution in [1.29, 1.82) is 0 Å². The van der Waals surface area contributed by atoms with Crippen LogP contribution < -0.4 is 4.74 Å². The lowest BCUT2D eigenvalue weighted by Crippen LogP contribution is -2.37. The maximum Gasteiger partial charge on any atom is 0.316 e. The lowest BCUT2D eigenvalue weighted by Gasteiger charge is -2.31. The van der Waals surface area contributed by atoms with Crippen LogP contribution in [0, 0.1) is 12.8 Å². The largest absolute Gasteiger partial charge is 0.463 e. The summed E-state index contributed by atoms with van der Waals surface area (Å²) < 4.78 is 11.0. The third-order valence-corrected chi connectivity index (χ3v) is 3.65. The first-order valence-corrected chi connectivity index (χ1v) is 7.34. The molecule has 0 amide bonds. The van der Waals surface area contributed by atoms with Gasteiger partial charge >= 0.3 is 6.01 Å². The third kappa shape index (κ3) is 4.01. The minimum atomic E-state index is 0.459. The molecule has 3 rings (SSSR count). The van der Waals surface area contributed by atoms with E-state index in [4.69, 9.17) is 9.26 Å². The summed E-state index contributed by atoms with van der Waals surface area (Å²) in [5, 5.41) is 3.93. The highest BCUT2D eigenvalue weighted by Gasteiger charge is 2.21. The molecule has 0 bridgehead atoms. The number of hydrogen-bond acceptors (Lipinski definition) is 6. The standard InChI is InChI=1S/C15H20N4O2/c1-12-8-14(21-18-12)10-19-7-2-4-13(9-19)11-20-15-16-5-3-6-17-15/h3,5-6,8,13H,2,4,7,9-11H2,1H3. The Kier molecular flexibility index (Phi) is 4.45. The van der Waals surface area contributed by atoms with Crippen molar-refractivity contribution in [2.24, 2.45) is 5.92 Å². The molecule has 1 fully saturated rings. The molecule has 3 heterocycles. The minimum absolute atomic E-state index is 0.459. The van der Waals surface area contributed by atoms with E-state index >= 15 is 0 Å². The lowest BCUT2D eigenvalue weighted by molar-refractivity contribution is 0.113. The molecule has 0 aliphatic carbocycles. The van der Waals surface area contributed by atoms with Gasteiger partial charge in [-0.05, 0) is 32.4 Å². The van der Waals surface area contributed by atoms with Crippen molar-refractivity contribution in [1.82, 2.24) is 20.0 Å². The van der Waals surface area contributed by atoms with Crippen molar-refractivity contribution in [3.05, 3.63) is 36.0 Å². The van der Waals surface area contributed by atoms with E-state index in [0.29, 0.717) is 18.5 Å². The average molecular weight is 288 g/mol. The van der Waals surface area contributed by atoms with Crippen LogP contribution in [0.3, 0.4) is 0 Å². The molecular weight excluding hydrogens is 268 g/mol. The summed E-state index contributed by atoms with van der Waals surface area (Å²) in [6.45, 7) is 5.53. The third-order valence-electron chi connectivity index (χ3n) is 3.65. The Balaban J connectivity index is 1.49. The van der Waals surface area contributed by atoms with Crippen LogP contribution in [-0.2, 0) is 6.54 Å². The van der Waals surface area contributed by atoms with E-state index in [9.17, 15) is 0 Å². The van der Waals surface area contributed by atoms with E-state index in [0.717, 1.165) is 31.1 Å². The van der Waals surface area contributed by atoms with Crippen molar-refractivity contribution in [2.75, 3.05) is 19.7 Å². The molecule has 21 heavy (non-hydrogen) atoms. The van der Waals surface area contributed by atoms with E-state index in [-0.39, 0.29) is 0 Å². The molecule has 6 nitrogen and oxygen atoms in total. The van der Waals surface area contributed by atoms with Gasteiger partial charge in [-0.2, -0.15) is 0 Å². The Bertz CT molecular complexity index is 558. The van der Waals surface area contributed by atoms with E-state index in [2.05, 4.69) is 20.0 Å². The van der Waals surface area contributed by atoms with E-state index in [1.54, 1.807) is 18.5 Å². The van der Waals surface area contributed by atoms with E-state index in [1.165, 1.54) is 12.8 Å². The van der Waals surface area contributed by atoms with Crippen LogP contribution in [0.15, 0.2) is 29.0 Å². The van der Waals surface area contributed by atoms with Crippen molar-refractivity contribution < 1.29 is 9.26 Å². The van der Waals surface area contributed by atoms with Gasteiger partial charge in [0.2, 0.25) is 0 Å². The molecule has 1 unspecified atom stereocenters. The predicted octanol–water partition coefficient (Wildman–Crippen LogP) is 2.06. The number of nitrogens with zero attached hydrogens (tertiary/aromatic N) is 4. The van der Waals surface area contributed by atoms with Crippen LogP contribution in [0.1, 0.15) is 24.3 Å². The van der Waals surface area contributed by atoms with Crippen molar-refractivity contribution in [3.8, 4) is 6.01 Å². The van der Waals surface area contributed by atoms with Gasteiger partial charge in [-0.25, -0.2) is 9.97 Å². The first-order valence-electron chi connectivity index (χ1n) is 7.34. The molecule has 0 spiro atoms. The highest BCUT2D eigenvalue weighted by Crippen LogP contribution is 2.19. The normalized spacial score (nSPS) is 19.6. The second-order valence-electron chi connectivity index (χ2n) is 5.52. The number of ether oxygens (including phenoxy) is 1. The summed E-state index contributed by atoms with van der Waals surface area (Å²) in [5.41, 5.74) is 0.933. The van der Waals surface area contributed by atoms with E-state index in [1.807, 2.05) is 13.0 Å². The molecule has 6 heteroatoms. The van der Waals surface area contributed by atoms with Crippen LogP contribution in [0.2, 0.25) is 0 Å². The van der Waals surface area contributed by atoms with Crippen LogP contribution in [-0.4, -0.2) is 39.7 Å². The Hall–Kier alpha value is -1.95. The molecule has 2 aromatic rings. The highest BCUT2D eigenvalue weighted by atomic mass is 16.5. The topological polar surface area (TPSA) is 64.3 Å². The number of hydrogen-bond donors (Lipinski definition) is 0. The predicted molar refractivity (Wildman–Crippen MR) is 76.8 cm³/mol. The van der Waals surface area contributed by atoms with Gasteiger partial charge in [-0.15, -0.1) is 0 Å². The van der Waals surface area contributed by atoms with Crippen LogP contribution in [0.4, 0.5) is 0 Å². The van der Waals surface area contributed by atoms with Crippen molar-refractivity contribution >= 4 is 0 Å². The van der Waals surface area contributed by atoms with Crippen molar-refractivity contribution in [2.45, 2.75) is 26.3 Å². The van der Waals surface area contributed by atoms with Gasteiger partial charge in [-0.1, -0.05) is 5.16 Å². The van der Waals surface area contributed by atoms with Crippen LogP contribution >= 0.6 is 0 Å². The van der Waals surface area contributed by atoms with Gasteiger partial charge in [0, 0.05) is 30.9 Å². The SMILES string of the molecule is Cc1cc(CN2CCCC(COc3ncccn3)C2)on1. The van der Waals surface area contributed by atoms with E-state index < -0.39 is 0 Å². The molecule has 0 radical (unpaired) electrons. The first kappa shape index (κ1) is 14.0. The van der Waals surface area contributed by atoms with Gasteiger partial charge < -0.3 is 9.26 Å². The van der Waals surface area contributed by atoms with Gasteiger partial charge in [0.05, 0.1) is 18.8 Å². The molecule has 1 aliphatic heterocycles. The Morgan fingerprint density at radius 3 is 3.00 bits per heavy atom. The number of rotatable bonds is 5. The smallest absolute Gasteiger partial charge is 0.316 e. The van der Waals surface area contributed by atoms with Gasteiger partial charge in [0.1, 0.15) is 0 Å². The quantitative estimate of drug-likeness (QED) is 0.839. The van der Waals surface area contributed by atoms with Crippen LogP contribution in [0.5, 0.6) is 6.01 Å². The fraction of sp³-hybridized carbons (Fsp3) is 0.533. The number of likely N-dealkylation sites (tertiary alicyclic amines) is 1. The molecule has 0 saturated carbocycles. The zero-order valence-electron chi connectivity index (χ0n) is 12.2. The molecule has 112 valence electrons. The molecule has 0 N–H and O–H groups in total. The average Bonchev–Trinajstić information content (AvgIpc) is 2.92. The number of aromatic nitrogens is 3. The molecule has 1 atom stereocenters. The molecule has 1 aliphatic rings. The Morgan fingerprint density at radius 1 is 1.38 bits per heavy atom. The van der Waals surface area contributed by atoms with Crippen LogP contribution in [0.25, 0.3) is 0 Å². The summed E-state index contributed by atoms with van der Waals surface area (Å²) >= 11 is 0. The maximum atomic E-state index is 5.66. The lowest BCUT2D eigenvalue weighted by atomic mass is 9.99. The number of piperidine rings is 1. The summed E-state index contributed by atoms with van der Waals surface area (Å²) in [5.74, 6) is 1.44. The summed E-state index contributed by atoms with van der Waals surface area (Å²) in [7, 11) is 0. The second-order valence-corrected chi connectivity index (χ2v) is 5.52. The highest BCUT2D eigenvalue weighted by molar-refractivity contribution is 5.03. The fourth-order valence-corrected chi connectivity index (χ4v) is 2.69. The van der Waals surface area contributed by atoms with Gasteiger partial charge in [0.25, 0.3) is 0 Å². The molecule has 0 aromatic carbocycles. The van der Waals surface area contributed by atoms with Crippen molar-refractivity contribution in [3.63, 3.8) is 0 Å². The maximum absolute atomic E-state index is 5.66. The fourth-order valence-electron chi connectivity index (χ4n) is 2.69. The minimum Gasteiger partial charge on any atom is -0.463 e. The Morgan fingerprint density at radius 2 is 2.24 bits per heavy atom. The zero-order valence-corrected chi connectivity index (χ0v) is 12.2. The zero-order chi connectivity index (χ0) is 14.5. The summed E-state index contributed by atoms with van der Waals surface area (Å²) in [4.78, 5) is 10.6.